The zero-order chi connectivity index (χ0) is 9.14. The highest BCUT2D eigenvalue weighted by atomic mass is 16.3. The Bertz CT molecular complexity index is 138. The van der Waals surface area contributed by atoms with Crippen LogP contribution in [0.4, 0.5) is 0 Å². The largest absolute Gasteiger partial charge is 0.393 e. The van der Waals surface area contributed by atoms with Gasteiger partial charge in [-0.2, -0.15) is 0 Å². The topological polar surface area (TPSA) is 49.5 Å². The highest BCUT2D eigenvalue weighted by Gasteiger charge is 2.26. The molecule has 0 saturated carbocycles. The molecule has 1 heterocycles. The second-order valence-corrected chi connectivity index (χ2v) is 3.85. The first-order valence-electron chi connectivity index (χ1n) is 4.79. The zero-order valence-corrected chi connectivity index (χ0v) is 8.03. The van der Waals surface area contributed by atoms with Crippen LogP contribution in [0.2, 0.25) is 0 Å². The van der Waals surface area contributed by atoms with Gasteiger partial charge in [-0.15, -0.1) is 0 Å². The van der Waals surface area contributed by atoms with Crippen LogP contribution in [-0.4, -0.2) is 41.8 Å². The summed E-state index contributed by atoms with van der Waals surface area (Å²) in [5, 5.41) is 9.43. The molecule has 0 aromatic carbocycles. The number of rotatable bonds is 2. The minimum atomic E-state index is -0.217. The summed E-state index contributed by atoms with van der Waals surface area (Å²) in [5.74, 6) is 0.369. The van der Waals surface area contributed by atoms with Crippen molar-refractivity contribution in [2.24, 2.45) is 11.7 Å². The van der Waals surface area contributed by atoms with Crippen LogP contribution in [0.15, 0.2) is 0 Å². The minimum absolute atomic E-state index is 0.217. The van der Waals surface area contributed by atoms with Crippen molar-refractivity contribution < 1.29 is 5.11 Å². The molecular formula is C9H20N2O. The van der Waals surface area contributed by atoms with E-state index in [0.717, 1.165) is 26.1 Å². The molecule has 3 nitrogen and oxygen atoms in total. The van der Waals surface area contributed by atoms with Crippen molar-refractivity contribution in [3.63, 3.8) is 0 Å². The van der Waals surface area contributed by atoms with Crippen molar-refractivity contribution in [2.45, 2.75) is 32.4 Å². The van der Waals surface area contributed by atoms with Crippen molar-refractivity contribution in [3.8, 4) is 0 Å². The minimum Gasteiger partial charge on any atom is -0.393 e. The molecule has 1 rings (SSSR count). The van der Waals surface area contributed by atoms with Crippen LogP contribution >= 0.6 is 0 Å². The number of likely N-dealkylation sites (tertiary alicyclic amines) is 1. The van der Waals surface area contributed by atoms with Crippen LogP contribution < -0.4 is 5.73 Å². The molecule has 1 saturated heterocycles. The van der Waals surface area contributed by atoms with Crippen LogP contribution in [0, 0.1) is 5.92 Å². The van der Waals surface area contributed by atoms with Gasteiger partial charge in [-0.3, -0.25) is 0 Å². The van der Waals surface area contributed by atoms with E-state index in [4.69, 9.17) is 5.73 Å². The number of hydrogen-bond donors (Lipinski definition) is 2. The zero-order valence-electron chi connectivity index (χ0n) is 8.03. The molecule has 3 heteroatoms. The van der Waals surface area contributed by atoms with Gasteiger partial charge in [0.15, 0.2) is 0 Å². The number of nitrogens with two attached hydrogens (primary N) is 1. The van der Waals surface area contributed by atoms with Crippen molar-refractivity contribution in [1.29, 1.82) is 0 Å². The molecule has 0 aliphatic carbocycles. The molecule has 0 amide bonds. The van der Waals surface area contributed by atoms with Crippen LogP contribution in [0.3, 0.4) is 0 Å². The summed E-state index contributed by atoms with van der Waals surface area (Å²) < 4.78 is 0. The van der Waals surface area contributed by atoms with E-state index in [1.54, 1.807) is 0 Å². The lowest BCUT2D eigenvalue weighted by Gasteiger charge is -2.36. The maximum Gasteiger partial charge on any atom is 0.0553 e. The van der Waals surface area contributed by atoms with Crippen molar-refractivity contribution >= 4 is 0 Å². The van der Waals surface area contributed by atoms with E-state index >= 15 is 0 Å². The Morgan fingerprint density at radius 1 is 1.58 bits per heavy atom. The normalized spacial score (nSPS) is 35.0. The van der Waals surface area contributed by atoms with Gasteiger partial charge in [0.05, 0.1) is 6.10 Å². The molecule has 0 bridgehead atoms. The van der Waals surface area contributed by atoms with Crippen molar-refractivity contribution in [1.82, 2.24) is 4.90 Å². The number of aliphatic hydroxyl groups excluding tert-OH is 1. The Balaban J connectivity index is 2.45. The molecule has 0 aromatic heterocycles. The molecule has 1 aliphatic heterocycles. The van der Waals surface area contributed by atoms with Gasteiger partial charge in [-0.1, -0.05) is 6.92 Å². The highest BCUT2D eigenvalue weighted by Crippen LogP contribution is 2.18. The van der Waals surface area contributed by atoms with Gasteiger partial charge in [0.2, 0.25) is 0 Å². The summed E-state index contributed by atoms with van der Waals surface area (Å²) in [6.07, 6.45) is 0.749. The molecule has 3 atom stereocenters. The lowest BCUT2D eigenvalue weighted by Crippen LogP contribution is -2.49. The molecule has 12 heavy (non-hydrogen) atoms. The molecule has 0 spiro atoms. The third-order valence-corrected chi connectivity index (χ3v) is 2.72. The van der Waals surface area contributed by atoms with Crippen LogP contribution in [0.5, 0.6) is 0 Å². The molecule has 0 radical (unpaired) electrons. The monoisotopic (exact) mass is 172 g/mol. The number of hydrogen-bond acceptors (Lipinski definition) is 3. The first-order valence-corrected chi connectivity index (χ1v) is 4.79. The molecule has 1 aliphatic rings. The third-order valence-electron chi connectivity index (χ3n) is 2.72. The highest BCUT2D eigenvalue weighted by molar-refractivity contribution is 4.82. The van der Waals surface area contributed by atoms with E-state index in [9.17, 15) is 5.11 Å². The predicted molar refractivity (Wildman–Crippen MR) is 49.9 cm³/mol. The van der Waals surface area contributed by atoms with Gasteiger partial charge >= 0.3 is 0 Å². The fourth-order valence-electron chi connectivity index (χ4n) is 1.88. The van der Waals surface area contributed by atoms with Gasteiger partial charge < -0.3 is 15.7 Å². The summed E-state index contributed by atoms with van der Waals surface area (Å²) in [6.45, 7) is 7.02. The van der Waals surface area contributed by atoms with E-state index in [1.165, 1.54) is 0 Å². The Morgan fingerprint density at radius 3 is 2.75 bits per heavy atom. The Hall–Kier alpha value is -0.120. The lowest BCUT2D eigenvalue weighted by molar-refractivity contribution is 0.0570. The van der Waals surface area contributed by atoms with Crippen LogP contribution in [0.25, 0.3) is 0 Å². The summed E-state index contributed by atoms with van der Waals surface area (Å²) in [5.41, 5.74) is 5.88. The van der Waals surface area contributed by atoms with Gasteiger partial charge in [-0.25, -0.2) is 0 Å². The van der Waals surface area contributed by atoms with E-state index < -0.39 is 0 Å². The Kier molecular flexibility index (Phi) is 3.50. The summed E-state index contributed by atoms with van der Waals surface area (Å²) in [4.78, 5) is 2.31. The van der Waals surface area contributed by atoms with Crippen molar-refractivity contribution in [2.75, 3.05) is 19.6 Å². The van der Waals surface area contributed by atoms with Gasteiger partial charge in [0.1, 0.15) is 0 Å². The first kappa shape index (κ1) is 9.96. The second-order valence-electron chi connectivity index (χ2n) is 3.85. The maximum atomic E-state index is 9.43. The standard InChI is InChI=1S/C9H20N2O/c1-3-11-5-8(7(2)12)4-9(10)6-11/h7-9,12H,3-6,10H2,1-2H3. The molecule has 0 aromatic rings. The fourth-order valence-corrected chi connectivity index (χ4v) is 1.88. The number of likely N-dealkylation sites (N-methyl/N-ethyl adjacent to an activating group) is 1. The molecule has 1 fully saturated rings. The summed E-state index contributed by atoms with van der Waals surface area (Å²) >= 11 is 0. The summed E-state index contributed by atoms with van der Waals surface area (Å²) in [6, 6.07) is 0.248. The van der Waals surface area contributed by atoms with Crippen LogP contribution in [0.1, 0.15) is 20.3 Å². The smallest absolute Gasteiger partial charge is 0.0553 e. The Morgan fingerprint density at radius 2 is 2.25 bits per heavy atom. The van der Waals surface area contributed by atoms with Gasteiger partial charge in [-0.05, 0) is 25.8 Å². The summed E-state index contributed by atoms with van der Waals surface area (Å²) in [7, 11) is 0. The third kappa shape index (κ3) is 2.44. The molecule has 72 valence electrons. The second kappa shape index (κ2) is 4.21. The van der Waals surface area contributed by atoms with Crippen molar-refractivity contribution in [3.05, 3.63) is 0 Å². The molecule has 3 N–H and O–H groups in total. The maximum absolute atomic E-state index is 9.43. The average Bonchev–Trinajstić information content (AvgIpc) is 2.03. The SMILES string of the molecule is CCN1CC(N)CC(C(C)O)C1. The van der Waals surface area contributed by atoms with Gasteiger partial charge in [0, 0.05) is 19.1 Å². The van der Waals surface area contributed by atoms with Gasteiger partial charge in [0.25, 0.3) is 0 Å². The lowest BCUT2D eigenvalue weighted by atomic mass is 9.91. The van der Waals surface area contributed by atoms with E-state index in [-0.39, 0.29) is 12.1 Å². The predicted octanol–water partition coefficient (Wildman–Crippen LogP) is 0.0363. The van der Waals surface area contributed by atoms with E-state index in [2.05, 4.69) is 11.8 Å². The molecular weight excluding hydrogens is 152 g/mol. The average molecular weight is 172 g/mol. The van der Waals surface area contributed by atoms with Crippen LogP contribution in [-0.2, 0) is 0 Å². The fraction of sp³-hybridized carbons (Fsp3) is 1.00. The Labute approximate surface area is 74.5 Å². The number of aliphatic hydroxyl groups is 1. The quantitative estimate of drug-likeness (QED) is 0.618. The number of piperidine rings is 1. The van der Waals surface area contributed by atoms with E-state index in [0.29, 0.717) is 5.92 Å². The molecule has 3 unspecified atom stereocenters. The van der Waals surface area contributed by atoms with E-state index in [1.807, 2.05) is 6.92 Å². The number of nitrogens with zero attached hydrogens (tertiary/aromatic N) is 1. The first-order chi connectivity index (χ1) is 5.63.